The maximum Gasteiger partial charge on any atom is 0.330 e. The fraction of sp³-hybridized carbons (Fsp3) is 0.862. The molecule has 0 rings (SSSR count). The molecule has 13 nitrogen and oxygen atoms in total. The van der Waals surface area contributed by atoms with Crippen molar-refractivity contribution in [2.24, 2.45) is 0 Å². The topological polar surface area (TPSA) is 136 Å². The predicted molar refractivity (Wildman–Crippen MR) is 154 cm³/mol. The molecule has 42 heavy (non-hydrogen) atoms. The van der Waals surface area contributed by atoms with Gasteiger partial charge in [-0.15, -0.1) is 0 Å². The van der Waals surface area contributed by atoms with Gasteiger partial charge in [0, 0.05) is 12.5 Å². The van der Waals surface area contributed by atoms with E-state index in [-0.39, 0.29) is 19.2 Å². The van der Waals surface area contributed by atoms with E-state index in [4.69, 9.17) is 52.1 Å². The smallest absolute Gasteiger partial charge is 0.330 e. The van der Waals surface area contributed by atoms with Gasteiger partial charge in [0.25, 0.3) is 0 Å². The number of ether oxygens (including phenoxy) is 11. The van der Waals surface area contributed by atoms with E-state index in [1.54, 1.807) is 0 Å². The van der Waals surface area contributed by atoms with Crippen LogP contribution in [-0.4, -0.2) is 144 Å². The highest BCUT2D eigenvalue weighted by Crippen LogP contribution is 2.00. The molecular formula is C29H54O13. The lowest BCUT2D eigenvalue weighted by Gasteiger charge is -2.09. The van der Waals surface area contributed by atoms with Crippen molar-refractivity contribution < 1.29 is 61.7 Å². The highest BCUT2D eigenvalue weighted by atomic mass is 16.6. The van der Waals surface area contributed by atoms with E-state index >= 15 is 0 Å². The van der Waals surface area contributed by atoms with Crippen LogP contribution in [0.25, 0.3) is 0 Å². The second-order valence-electron chi connectivity index (χ2n) is 8.56. The molecule has 0 unspecified atom stereocenters. The summed E-state index contributed by atoms with van der Waals surface area (Å²) in [6, 6.07) is 0. The molecule has 0 aliphatic rings. The van der Waals surface area contributed by atoms with Gasteiger partial charge in [0.1, 0.15) is 13.2 Å². The molecule has 248 valence electrons. The minimum absolute atomic E-state index is 0.163. The maximum absolute atomic E-state index is 11.4. The van der Waals surface area contributed by atoms with E-state index < -0.39 is 5.97 Å². The van der Waals surface area contributed by atoms with Crippen LogP contribution in [0, 0.1) is 0 Å². The van der Waals surface area contributed by atoms with Crippen molar-refractivity contribution in [3.8, 4) is 0 Å². The minimum atomic E-state index is -0.461. The van der Waals surface area contributed by atoms with E-state index in [0.29, 0.717) is 125 Å². The van der Waals surface area contributed by atoms with Crippen molar-refractivity contribution in [3.63, 3.8) is 0 Å². The van der Waals surface area contributed by atoms with Gasteiger partial charge in [0.2, 0.25) is 0 Å². The van der Waals surface area contributed by atoms with Crippen LogP contribution in [0.1, 0.15) is 32.6 Å². The van der Waals surface area contributed by atoms with Gasteiger partial charge in [-0.25, -0.2) is 4.79 Å². The zero-order valence-electron chi connectivity index (χ0n) is 25.6. The quantitative estimate of drug-likeness (QED) is 0.0588. The van der Waals surface area contributed by atoms with Crippen LogP contribution >= 0.6 is 0 Å². The van der Waals surface area contributed by atoms with Gasteiger partial charge in [0.15, 0.2) is 0 Å². The standard InChI is InChI=1S/C29H54O13/c1-3-5-6-7-29(31)42-27-25-40-23-21-38-19-17-36-15-13-34-11-9-32-8-10-33-12-14-35-16-18-37-20-22-39-24-26-41-28(30)4-2/h4H,2-3,5-27H2,1H3. The van der Waals surface area contributed by atoms with E-state index in [0.717, 1.165) is 25.3 Å². The Morgan fingerprint density at radius 1 is 0.452 bits per heavy atom. The fourth-order valence-corrected chi connectivity index (χ4v) is 2.93. The Morgan fingerprint density at radius 3 is 1.02 bits per heavy atom. The van der Waals surface area contributed by atoms with Gasteiger partial charge in [-0.1, -0.05) is 26.3 Å². The first kappa shape index (κ1) is 40.3. The minimum Gasteiger partial charge on any atom is -0.463 e. The number of carbonyl (C=O) groups excluding carboxylic acids is 2. The zero-order chi connectivity index (χ0) is 30.6. The van der Waals surface area contributed by atoms with Crippen LogP contribution in [-0.2, 0) is 61.7 Å². The van der Waals surface area contributed by atoms with E-state index in [9.17, 15) is 9.59 Å². The van der Waals surface area contributed by atoms with Crippen molar-refractivity contribution in [2.45, 2.75) is 32.6 Å². The molecule has 0 bridgehead atoms. The SMILES string of the molecule is C=CC(=O)OCCOCCOCCOCCOCCOCCOCCOCCOCCOCCOC(=O)CCCCC. The van der Waals surface area contributed by atoms with Gasteiger partial charge in [-0.2, -0.15) is 0 Å². The monoisotopic (exact) mass is 610 g/mol. The first-order chi connectivity index (χ1) is 20.7. The molecule has 0 N–H and O–H groups in total. The maximum atomic E-state index is 11.4. The lowest BCUT2D eigenvalue weighted by molar-refractivity contribution is -0.145. The summed E-state index contributed by atoms with van der Waals surface area (Å²) in [4.78, 5) is 22.3. The summed E-state index contributed by atoms with van der Waals surface area (Å²) in [5.74, 6) is -0.624. The molecule has 0 atom stereocenters. The summed E-state index contributed by atoms with van der Waals surface area (Å²) in [5.41, 5.74) is 0. The third kappa shape index (κ3) is 34.5. The molecule has 0 radical (unpaired) electrons. The van der Waals surface area contributed by atoms with Crippen molar-refractivity contribution >= 4 is 11.9 Å². The average Bonchev–Trinajstić information content (AvgIpc) is 2.99. The highest BCUT2D eigenvalue weighted by molar-refractivity contribution is 5.81. The van der Waals surface area contributed by atoms with Crippen LogP contribution < -0.4 is 0 Å². The molecule has 0 aromatic carbocycles. The van der Waals surface area contributed by atoms with Crippen LogP contribution in [0.2, 0.25) is 0 Å². The van der Waals surface area contributed by atoms with Crippen molar-refractivity contribution in [1.29, 1.82) is 0 Å². The molecule has 0 spiro atoms. The molecule has 0 aliphatic carbocycles. The largest absolute Gasteiger partial charge is 0.463 e. The molecule has 13 heteroatoms. The Balaban J connectivity index is 3.09. The van der Waals surface area contributed by atoms with Gasteiger partial charge in [0.05, 0.1) is 119 Å². The third-order valence-electron chi connectivity index (χ3n) is 5.09. The summed E-state index contributed by atoms with van der Waals surface area (Å²) < 4.78 is 58.5. The van der Waals surface area contributed by atoms with Gasteiger partial charge in [-0.05, 0) is 6.42 Å². The first-order valence-electron chi connectivity index (χ1n) is 14.8. The van der Waals surface area contributed by atoms with Crippen LogP contribution in [0.15, 0.2) is 12.7 Å². The second kappa shape index (κ2) is 35.5. The van der Waals surface area contributed by atoms with Crippen molar-refractivity contribution in [2.75, 3.05) is 132 Å². The number of unbranched alkanes of at least 4 members (excludes halogenated alkanes) is 2. The molecule has 0 amide bonds. The van der Waals surface area contributed by atoms with Crippen molar-refractivity contribution in [1.82, 2.24) is 0 Å². The van der Waals surface area contributed by atoms with E-state index in [1.165, 1.54) is 0 Å². The number of esters is 2. The third-order valence-corrected chi connectivity index (χ3v) is 5.09. The molecule has 0 heterocycles. The van der Waals surface area contributed by atoms with E-state index in [1.807, 2.05) is 0 Å². The summed E-state index contributed by atoms with van der Waals surface area (Å²) in [6.45, 7) is 14.1. The number of hydrogen-bond donors (Lipinski definition) is 0. The number of hydrogen-bond acceptors (Lipinski definition) is 13. The number of carbonyl (C=O) groups is 2. The molecule has 0 aliphatic heterocycles. The Morgan fingerprint density at radius 2 is 0.738 bits per heavy atom. The number of rotatable bonds is 35. The van der Waals surface area contributed by atoms with E-state index in [2.05, 4.69) is 13.5 Å². The second-order valence-corrected chi connectivity index (χ2v) is 8.56. The molecule has 0 aromatic heterocycles. The van der Waals surface area contributed by atoms with Crippen LogP contribution in [0.5, 0.6) is 0 Å². The fourth-order valence-electron chi connectivity index (χ4n) is 2.93. The Kier molecular flexibility index (Phi) is 34.1. The average molecular weight is 611 g/mol. The molecule has 0 saturated heterocycles. The summed E-state index contributed by atoms with van der Waals surface area (Å²) in [5, 5.41) is 0. The summed E-state index contributed by atoms with van der Waals surface area (Å²) in [6.07, 6.45) is 4.59. The van der Waals surface area contributed by atoms with Crippen molar-refractivity contribution in [3.05, 3.63) is 12.7 Å². The lowest BCUT2D eigenvalue weighted by atomic mass is 10.2. The molecule has 0 saturated carbocycles. The molecular weight excluding hydrogens is 556 g/mol. The van der Waals surface area contributed by atoms with Crippen LogP contribution in [0.4, 0.5) is 0 Å². The zero-order valence-corrected chi connectivity index (χ0v) is 25.6. The lowest BCUT2D eigenvalue weighted by Crippen LogP contribution is -2.15. The van der Waals surface area contributed by atoms with Gasteiger partial charge >= 0.3 is 11.9 Å². The highest BCUT2D eigenvalue weighted by Gasteiger charge is 2.02. The first-order valence-corrected chi connectivity index (χ1v) is 14.8. The Labute approximate surface area is 251 Å². The van der Waals surface area contributed by atoms with Crippen LogP contribution in [0.3, 0.4) is 0 Å². The van der Waals surface area contributed by atoms with Gasteiger partial charge < -0.3 is 52.1 Å². The Bertz CT molecular complexity index is 592. The normalized spacial score (nSPS) is 11.1. The molecule has 0 aromatic rings. The summed E-state index contributed by atoms with van der Waals surface area (Å²) in [7, 11) is 0. The summed E-state index contributed by atoms with van der Waals surface area (Å²) >= 11 is 0. The molecule has 0 fully saturated rings. The predicted octanol–water partition coefficient (Wildman–Crippen LogP) is 1.99. The van der Waals surface area contributed by atoms with Gasteiger partial charge in [-0.3, -0.25) is 4.79 Å². The Hall–Kier alpha value is -1.68.